The van der Waals surface area contributed by atoms with Crippen LogP contribution in [0.2, 0.25) is 5.02 Å². The molecule has 3 aromatic rings. The second-order valence-electron chi connectivity index (χ2n) is 8.07. The number of hydrogen-bond donors (Lipinski definition) is 0. The lowest BCUT2D eigenvalue weighted by Crippen LogP contribution is -2.30. The Balaban J connectivity index is 1.48. The molecular formula is C24H28ClN5OS. The molecule has 2 heterocycles. The van der Waals surface area contributed by atoms with Gasteiger partial charge in [0.05, 0.1) is 12.3 Å². The van der Waals surface area contributed by atoms with E-state index in [2.05, 4.69) is 19.7 Å². The maximum Gasteiger partial charge on any atom is 0.233 e. The highest BCUT2D eigenvalue weighted by atomic mass is 35.5. The molecule has 1 aliphatic heterocycles. The highest BCUT2D eigenvalue weighted by molar-refractivity contribution is 7.99. The van der Waals surface area contributed by atoms with E-state index in [9.17, 15) is 4.79 Å². The number of halogens is 1. The van der Waals surface area contributed by atoms with Crippen molar-refractivity contribution in [3.05, 3.63) is 71.0 Å². The Labute approximate surface area is 198 Å². The van der Waals surface area contributed by atoms with E-state index in [1.54, 1.807) is 4.90 Å². The first kappa shape index (κ1) is 22.8. The van der Waals surface area contributed by atoms with Crippen LogP contribution in [0.25, 0.3) is 5.69 Å². The molecule has 8 heteroatoms. The van der Waals surface area contributed by atoms with Gasteiger partial charge in [0.2, 0.25) is 5.91 Å². The summed E-state index contributed by atoms with van der Waals surface area (Å²) in [5.41, 5.74) is 2.07. The van der Waals surface area contributed by atoms with Crippen LogP contribution in [0.4, 0.5) is 0 Å². The number of piperidine rings is 1. The van der Waals surface area contributed by atoms with Crippen LogP contribution < -0.4 is 0 Å². The molecule has 0 spiro atoms. The second-order valence-corrected chi connectivity index (χ2v) is 9.45. The van der Waals surface area contributed by atoms with Gasteiger partial charge in [0, 0.05) is 24.3 Å². The van der Waals surface area contributed by atoms with E-state index in [-0.39, 0.29) is 5.91 Å². The number of carbonyl (C=O) groups is 1. The number of hydrogen-bond acceptors (Lipinski definition) is 5. The van der Waals surface area contributed by atoms with Gasteiger partial charge < -0.3 is 4.90 Å². The van der Waals surface area contributed by atoms with Crippen LogP contribution in [-0.2, 0) is 17.9 Å². The minimum atomic E-state index is 0.0575. The molecule has 0 radical (unpaired) electrons. The van der Waals surface area contributed by atoms with Crippen LogP contribution in [-0.4, -0.2) is 56.4 Å². The molecule has 0 N–H and O–H groups in total. The molecule has 1 aliphatic rings. The summed E-state index contributed by atoms with van der Waals surface area (Å²) in [7, 11) is 1.83. The number of carbonyl (C=O) groups excluding carboxylic acids is 1. The summed E-state index contributed by atoms with van der Waals surface area (Å²) < 4.78 is 2.06. The van der Waals surface area contributed by atoms with Crippen molar-refractivity contribution in [1.29, 1.82) is 0 Å². The lowest BCUT2D eigenvalue weighted by Gasteiger charge is -2.26. The summed E-state index contributed by atoms with van der Waals surface area (Å²) in [5, 5.41) is 10.3. The first-order valence-electron chi connectivity index (χ1n) is 10.9. The van der Waals surface area contributed by atoms with Crippen LogP contribution in [0.15, 0.2) is 59.8 Å². The molecule has 0 saturated carbocycles. The predicted molar refractivity (Wildman–Crippen MR) is 129 cm³/mol. The van der Waals surface area contributed by atoms with Gasteiger partial charge in [-0.3, -0.25) is 14.3 Å². The zero-order valence-electron chi connectivity index (χ0n) is 18.3. The Hall–Kier alpha value is -2.35. The number of rotatable bonds is 8. The number of aromatic nitrogens is 3. The number of amides is 1. The Kier molecular flexibility index (Phi) is 7.84. The molecule has 1 saturated heterocycles. The van der Waals surface area contributed by atoms with E-state index < -0.39 is 0 Å². The predicted octanol–water partition coefficient (Wildman–Crippen LogP) is 4.66. The van der Waals surface area contributed by atoms with Gasteiger partial charge in [0.15, 0.2) is 11.0 Å². The largest absolute Gasteiger partial charge is 0.341 e. The molecule has 0 aliphatic carbocycles. The highest BCUT2D eigenvalue weighted by Gasteiger charge is 2.20. The van der Waals surface area contributed by atoms with E-state index in [4.69, 9.17) is 11.6 Å². The fraction of sp³-hybridized carbons (Fsp3) is 0.375. The minimum Gasteiger partial charge on any atom is -0.341 e. The third kappa shape index (κ3) is 5.91. The summed E-state index contributed by atoms with van der Waals surface area (Å²) in [4.78, 5) is 16.9. The summed E-state index contributed by atoms with van der Waals surface area (Å²) in [6, 6.07) is 17.7. The molecule has 4 rings (SSSR count). The van der Waals surface area contributed by atoms with E-state index in [1.807, 2.05) is 61.6 Å². The van der Waals surface area contributed by atoms with Crippen molar-refractivity contribution in [3.8, 4) is 5.69 Å². The van der Waals surface area contributed by atoms with Gasteiger partial charge in [-0.05, 0) is 55.8 Å². The fourth-order valence-electron chi connectivity index (χ4n) is 3.85. The van der Waals surface area contributed by atoms with Crippen LogP contribution in [0.1, 0.15) is 30.7 Å². The summed E-state index contributed by atoms with van der Waals surface area (Å²) in [6.07, 6.45) is 3.73. The van der Waals surface area contributed by atoms with Gasteiger partial charge in [-0.25, -0.2) is 0 Å². The summed E-state index contributed by atoms with van der Waals surface area (Å²) in [5.74, 6) is 1.25. The normalized spacial score (nSPS) is 14.4. The van der Waals surface area contributed by atoms with Gasteiger partial charge in [-0.1, -0.05) is 60.1 Å². The fourth-order valence-corrected chi connectivity index (χ4v) is 4.88. The second kappa shape index (κ2) is 11.0. The first-order chi connectivity index (χ1) is 15.6. The smallest absolute Gasteiger partial charge is 0.233 e. The van der Waals surface area contributed by atoms with Gasteiger partial charge in [0.1, 0.15) is 0 Å². The number of nitrogens with zero attached hydrogens (tertiary/aromatic N) is 5. The van der Waals surface area contributed by atoms with Crippen molar-refractivity contribution in [3.63, 3.8) is 0 Å². The molecule has 0 unspecified atom stereocenters. The van der Waals surface area contributed by atoms with Crippen molar-refractivity contribution < 1.29 is 4.79 Å². The first-order valence-corrected chi connectivity index (χ1v) is 12.3. The molecule has 0 atom stereocenters. The topological polar surface area (TPSA) is 54.3 Å². The van der Waals surface area contributed by atoms with E-state index in [0.717, 1.165) is 41.9 Å². The molecule has 6 nitrogen and oxygen atoms in total. The lowest BCUT2D eigenvalue weighted by atomic mass is 10.1. The molecule has 2 aromatic carbocycles. The molecule has 32 heavy (non-hydrogen) atoms. The highest BCUT2D eigenvalue weighted by Crippen LogP contribution is 2.25. The average Bonchev–Trinajstić information content (AvgIpc) is 3.21. The van der Waals surface area contributed by atoms with E-state index >= 15 is 0 Å². The SMILES string of the molecule is CN(Cc1ccccc1)C(=O)CSc1nnc(CN2CCCCC2)n1-c1ccc(Cl)cc1. The third-order valence-electron chi connectivity index (χ3n) is 5.61. The van der Waals surface area contributed by atoms with E-state index in [1.165, 1.54) is 31.0 Å². The van der Waals surface area contributed by atoms with Gasteiger partial charge >= 0.3 is 0 Å². The third-order valence-corrected chi connectivity index (χ3v) is 6.78. The van der Waals surface area contributed by atoms with Crippen molar-refractivity contribution in [2.75, 3.05) is 25.9 Å². The molecule has 0 bridgehead atoms. The van der Waals surface area contributed by atoms with Gasteiger partial charge in [-0.15, -0.1) is 10.2 Å². The Morgan fingerprint density at radius 1 is 1.03 bits per heavy atom. The standard InChI is InChI=1S/C24H28ClN5OS/c1-28(16-19-8-4-2-5-9-19)23(31)18-32-24-27-26-22(17-29-14-6-3-7-15-29)30(24)21-12-10-20(25)11-13-21/h2,4-5,8-13H,3,6-7,14-18H2,1H3. The quantitative estimate of drug-likeness (QED) is 0.449. The van der Waals surface area contributed by atoms with Crippen molar-refractivity contribution in [2.24, 2.45) is 0 Å². The van der Waals surface area contributed by atoms with Gasteiger partial charge in [-0.2, -0.15) is 0 Å². The Bertz CT molecular complexity index is 1020. The molecule has 1 amide bonds. The zero-order valence-corrected chi connectivity index (χ0v) is 19.9. The monoisotopic (exact) mass is 469 g/mol. The van der Waals surface area contributed by atoms with Crippen LogP contribution in [0, 0.1) is 0 Å². The lowest BCUT2D eigenvalue weighted by molar-refractivity contribution is -0.127. The Morgan fingerprint density at radius 3 is 2.47 bits per heavy atom. The van der Waals surface area contributed by atoms with Crippen LogP contribution in [0.3, 0.4) is 0 Å². The summed E-state index contributed by atoms with van der Waals surface area (Å²) >= 11 is 7.53. The maximum absolute atomic E-state index is 12.8. The molecule has 168 valence electrons. The molecule has 1 aromatic heterocycles. The number of thioether (sulfide) groups is 1. The number of likely N-dealkylation sites (tertiary alicyclic amines) is 1. The van der Waals surface area contributed by atoms with Crippen LogP contribution >= 0.6 is 23.4 Å². The molecule has 1 fully saturated rings. The maximum atomic E-state index is 12.8. The summed E-state index contributed by atoms with van der Waals surface area (Å²) in [6.45, 7) is 3.50. The minimum absolute atomic E-state index is 0.0575. The Morgan fingerprint density at radius 2 is 1.75 bits per heavy atom. The molecular weight excluding hydrogens is 442 g/mol. The average molecular weight is 470 g/mol. The number of benzene rings is 2. The van der Waals surface area contributed by atoms with E-state index in [0.29, 0.717) is 17.3 Å². The van der Waals surface area contributed by atoms with Gasteiger partial charge in [0.25, 0.3) is 0 Å². The zero-order chi connectivity index (χ0) is 22.3. The van der Waals surface area contributed by atoms with Crippen molar-refractivity contribution >= 4 is 29.3 Å². The van der Waals surface area contributed by atoms with Crippen LogP contribution in [0.5, 0.6) is 0 Å². The van der Waals surface area contributed by atoms with Crippen molar-refractivity contribution in [2.45, 2.75) is 37.5 Å². The van der Waals surface area contributed by atoms with Crippen molar-refractivity contribution in [1.82, 2.24) is 24.6 Å².